The summed E-state index contributed by atoms with van der Waals surface area (Å²) in [7, 11) is 0. The fourth-order valence-electron chi connectivity index (χ4n) is 1.65. The molecule has 2 N–H and O–H groups in total. The van der Waals surface area contributed by atoms with Crippen molar-refractivity contribution in [3.05, 3.63) is 62.8 Å². The van der Waals surface area contributed by atoms with Gasteiger partial charge in [0.1, 0.15) is 0 Å². The molecule has 2 aromatic rings. The second-order valence-electron chi connectivity index (χ2n) is 4.17. The number of aliphatic carboxylic acids is 1. The second-order valence-corrected chi connectivity index (χ2v) is 5.61. The molecule has 0 saturated carbocycles. The van der Waals surface area contributed by atoms with Crippen LogP contribution in [0.1, 0.15) is 20.8 Å². The Balaban J connectivity index is 2.05. The lowest BCUT2D eigenvalue weighted by molar-refractivity contribution is -0.131. The van der Waals surface area contributed by atoms with Crippen LogP contribution in [0.3, 0.4) is 0 Å². The van der Waals surface area contributed by atoms with Gasteiger partial charge in [0.15, 0.2) is 0 Å². The Labute approximate surface area is 130 Å². The number of carbonyl (C=O) groups is 2. The topological polar surface area (TPSA) is 66.4 Å². The predicted molar refractivity (Wildman–Crippen MR) is 83.6 cm³/mol. The summed E-state index contributed by atoms with van der Waals surface area (Å²) in [6, 6.07) is 8.61. The smallest absolute Gasteiger partial charge is 0.328 e. The van der Waals surface area contributed by atoms with E-state index in [9.17, 15) is 9.59 Å². The molecule has 0 aliphatic carbocycles. The lowest BCUT2D eigenvalue weighted by Gasteiger charge is -2.05. The highest BCUT2D eigenvalue weighted by atomic mass is 35.5. The average Bonchev–Trinajstić information content (AvgIpc) is 2.96. The second kappa shape index (κ2) is 7.06. The molecule has 4 nitrogen and oxygen atoms in total. The summed E-state index contributed by atoms with van der Waals surface area (Å²) in [6.45, 7) is 0.467. The fourth-order valence-corrected chi connectivity index (χ4v) is 2.54. The van der Waals surface area contributed by atoms with E-state index in [0.717, 1.165) is 11.0 Å². The third-order valence-electron chi connectivity index (χ3n) is 2.67. The van der Waals surface area contributed by atoms with Crippen molar-refractivity contribution < 1.29 is 14.7 Å². The van der Waals surface area contributed by atoms with E-state index in [1.165, 1.54) is 12.1 Å². The first-order valence-electron chi connectivity index (χ1n) is 6.07. The number of amides is 1. The minimum Gasteiger partial charge on any atom is -0.478 e. The zero-order valence-electron chi connectivity index (χ0n) is 10.9. The number of nitrogens with one attached hydrogen (secondary N) is 1. The number of carboxylic acid groups (broad SMARTS) is 1. The number of rotatable bonds is 5. The van der Waals surface area contributed by atoms with Gasteiger partial charge in [0.25, 0.3) is 5.91 Å². The van der Waals surface area contributed by atoms with Gasteiger partial charge < -0.3 is 10.4 Å². The molecule has 0 fully saturated rings. The highest BCUT2D eigenvalue weighted by Crippen LogP contribution is 2.19. The first-order valence-corrected chi connectivity index (χ1v) is 7.33. The minimum atomic E-state index is -1.05. The first kappa shape index (κ1) is 15.3. The van der Waals surface area contributed by atoms with Gasteiger partial charge in [-0.1, -0.05) is 23.7 Å². The molecule has 1 amide bonds. The van der Waals surface area contributed by atoms with Crippen molar-refractivity contribution in [3.8, 4) is 0 Å². The molecule has 0 spiro atoms. The molecule has 0 aliphatic heterocycles. The van der Waals surface area contributed by atoms with Crippen molar-refractivity contribution in [1.29, 1.82) is 0 Å². The van der Waals surface area contributed by atoms with Gasteiger partial charge in [-0.05, 0) is 35.2 Å². The molecule has 0 aliphatic rings. The fraction of sp³-hybridized carbons (Fsp3) is 0.0667. The van der Waals surface area contributed by atoms with Crippen molar-refractivity contribution in [2.75, 3.05) is 0 Å². The number of carbonyl (C=O) groups excluding carboxylic acids is 1. The van der Waals surface area contributed by atoms with Crippen molar-refractivity contribution in [1.82, 2.24) is 5.32 Å². The number of carboxylic acids is 1. The van der Waals surface area contributed by atoms with Crippen LogP contribution in [0.4, 0.5) is 0 Å². The minimum absolute atomic E-state index is 0.223. The van der Waals surface area contributed by atoms with Gasteiger partial charge in [-0.2, -0.15) is 0 Å². The van der Waals surface area contributed by atoms with Gasteiger partial charge in [-0.3, -0.25) is 4.79 Å². The van der Waals surface area contributed by atoms with E-state index < -0.39 is 5.97 Å². The largest absolute Gasteiger partial charge is 0.478 e. The number of thiophene rings is 1. The molecule has 1 aromatic carbocycles. The third kappa shape index (κ3) is 4.44. The summed E-state index contributed by atoms with van der Waals surface area (Å²) >= 11 is 7.60. The van der Waals surface area contributed by atoms with Crippen molar-refractivity contribution in [2.24, 2.45) is 0 Å². The van der Waals surface area contributed by atoms with Crippen LogP contribution in [0.15, 0.2) is 41.8 Å². The van der Waals surface area contributed by atoms with Gasteiger partial charge >= 0.3 is 5.97 Å². The highest BCUT2D eigenvalue weighted by Gasteiger charge is 2.08. The van der Waals surface area contributed by atoms with Crippen molar-refractivity contribution >= 4 is 40.9 Å². The molecule has 2 rings (SSSR count). The monoisotopic (exact) mass is 321 g/mol. The maximum Gasteiger partial charge on any atom is 0.328 e. The molecule has 1 heterocycles. The average molecular weight is 322 g/mol. The molecule has 0 radical (unpaired) electrons. The third-order valence-corrected chi connectivity index (χ3v) is 3.88. The molecule has 0 bridgehead atoms. The van der Waals surface area contributed by atoms with E-state index in [1.807, 2.05) is 17.5 Å². The highest BCUT2D eigenvalue weighted by molar-refractivity contribution is 7.09. The van der Waals surface area contributed by atoms with Gasteiger partial charge in [0.2, 0.25) is 0 Å². The lowest BCUT2D eigenvalue weighted by Crippen LogP contribution is -2.22. The Kier molecular flexibility index (Phi) is 5.14. The number of hydrogen-bond acceptors (Lipinski definition) is 3. The molecule has 6 heteroatoms. The number of benzene rings is 1. The molecular weight excluding hydrogens is 310 g/mol. The van der Waals surface area contributed by atoms with Crippen LogP contribution in [0.2, 0.25) is 5.02 Å². The Morgan fingerprint density at radius 1 is 1.33 bits per heavy atom. The Morgan fingerprint density at radius 3 is 2.76 bits per heavy atom. The van der Waals surface area contributed by atoms with Gasteiger partial charge in [0.05, 0.1) is 6.54 Å². The zero-order valence-corrected chi connectivity index (χ0v) is 12.4. The maximum atomic E-state index is 12.0. The molecule has 0 atom stereocenters. The van der Waals surface area contributed by atoms with E-state index >= 15 is 0 Å². The van der Waals surface area contributed by atoms with E-state index in [2.05, 4.69) is 5.32 Å². The van der Waals surface area contributed by atoms with Gasteiger partial charge in [-0.15, -0.1) is 11.3 Å². The number of hydrogen-bond donors (Lipinski definition) is 2. The molecule has 0 saturated heterocycles. The van der Waals surface area contributed by atoms with Crippen LogP contribution in [0.5, 0.6) is 0 Å². The van der Waals surface area contributed by atoms with Crippen LogP contribution in [0.25, 0.3) is 6.08 Å². The normalized spacial score (nSPS) is 10.7. The standard InChI is InChI=1S/C15H12ClNO3S/c16-13-8-11(4-3-10(13)5-6-14(18)19)15(20)17-9-12-2-1-7-21-12/h1-8H,9H2,(H,17,20)(H,18,19)/b6-5+. The molecular formula is C15H12ClNO3S. The van der Waals surface area contributed by atoms with Crippen molar-refractivity contribution in [3.63, 3.8) is 0 Å². The summed E-state index contributed by atoms with van der Waals surface area (Å²) in [5, 5.41) is 13.7. The SMILES string of the molecule is O=C(O)/C=C/c1ccc(C(=O)NCc2cccs2)cc1Cl. The Morgan fingerprint density at radius 2 is 2.14 bits per heavy atom. The molecule has 0 unspecified atom stereocenters. The first-order chi connectivity index (χ1) is 10.1. The maximum absolute atomic E-state index is 12.0. The van der Waals surface area contributed by atoms with E-state index in [-0.39, 0.29) is 5.91 Å². The van der Waals surface area contributed by atoms with Crippen LogP contribution >= 0.6 is 22.9 Å². The summed E-state index contributed by atoms with van der Waals surface area (Å²) in [4.78, 5) is 23.5. The molecule has 108 valence electrons. The van der Waals surface area contributed by atoms with Crippen molar-refractivity contribution in [2.45, 2.75) is 6.54 Å². The summed E-state index contributed by atoms with van der Waals surface area (Å²) in [5.41, 5.74) is 0.984. The van der Waals surface area contributed by atoms with E-state index in [1.54, 1.807) is 23.5 Å². The van der Waals surface area contributed by atoms with Gasteiger partial charge in [-0.25, -0.2) is 4.79 Å². The number of halogens is 1. The van der Waals surface area contributed by atoms with Crippen LogP contribution in [0, 0.1) is 0 Å². The van der Waals surface area contributed by atoms with E-state index in [0.29, 0.717) is 22.7 Å². The Bertz CT molecular complexity index is 680. The summed E-state index contributed by atoms with van der Waals surface area (Å²) < 4.78 is 0. The van der Waals surface area contributed by atoms with E-state index in [4.69, 9.17) is 16.7 Å². The lowest BCUT2D eigenvalue weighted by atomic mass is 10.1. The molecule has 21 heavy (non-hydrogen) atoms. The quantitative estimate of drug-likeness (QED) is 0.829. The molecule has 1 aromatic heterocycles. The van der Waals surface area contributed by atoms with Crippen LogP contribution in [-0.2, 0) is 11.3 Å². The predicted octanol–water partition coefficient (Wildman–Crippen LogP) is 3.43. The summed E-state index contributed by atoms with van der Waals surface area (Å²) in [6.07, 6.45) is 2.38. The zero-order chi connectivity index (χ0) is 15.2. The van der Waals surface area contributed by atoms with Gasteiger partial charge in [0, 0.05) is 21.5 Å². The summed E-state index contributed by atoms with van der Waals surface area (Å²) in [5.74, 6) is -1.28. The van der Waals surface area contributed by atoms with Crippen LogP contribution in [-0.4, -0.2) is 17.0 Å². The Hall–Kier alpha value is -2.11. The van der Waals surface area contributed by atoms with Crippen LogP contribution < -0.4 is 5.32 Å².